The van der Waals surface area contributed by atoms with E-state index in [0.717, 1.165) is 6.20 Å². The van der Waals surface area contributed by atoms with Gasteiger partial charge in [0.1, 0.15) is 17.6 Å². The number of aryl methyl sites for hydroxylation is 1. The lowest BCUT2D eigenvalue weighted by atomic mass is 10.1. The Morgan fingerprint density at radius 2 is 2.11 bits per heavy atom. The number of carbonyl (C=O) groups excluding carboxylic acids is 1. The molecule has 0 saturated carbocycles. The summed E-state index contributed by atoms with van der Waals surface area (Å²) in [6, 6.07) is 2.64. The van der Waals surface area contributed by atoms with E-state index in [-0.39, 0.29) is 17.8 Å². The topological polar surface area (TPSA) is 127 Å². The van der Waals surface area contributed by atoms with E-state index in [1.807, 2.05) is 0 Å². The van der Waals surface area contributed by atoms with Crippen LogP contribution in [0, 0.1) is 6.92 Å². The third-order valence-electron chi connectivity index (χ3n) is 4.10. The van der Waals surface area contributed by atoms with Gasteiger partial charge in [-0.3, -0.25) is 9.36 Å². The molecule has 0 amide bonds. The third-order valence-corrected chi connectivity index (χ3v) is 4.10. The van der Waals surface area contributed by atoms with Crippen LogP contribution in [0.15, 0.2) is 29.3 Å². The third kappa shape index (κ3) is 3.61. The second-order valence-electron chi connectivity index (χ2n) is 6.03. The SMILES string of the molecule is Cc1nccc(C(=O)Cc2ccn([C@@H]3O[C@H](CO)[C@@H](O)C3(F)F)c(=O)n2)n1. The average molecular weight is 382 g/mol. The van der Waals surface area contributed by atoms with Gasteiger partial charge in [0.05, 0.1) is 18.7 Å². The lowest BCUT2D eigenvalue weighted by Crippen LogP contribution is -2.41. The number of nitrogens with zero attached hydrogens (tertiary/aromatic N) is 4. The van der Waals surface area contributed by atoms with E-state index in [1.54, 1.807) is 6.92 Å². The van der Waals surface area contributed by atoms with Crippen LogP contribution in [0.1, 0.15) is 28.2 Å². The molecule has 11 heteroatoms. The molecule has 3 heterocycles. The van der Waals surface area contributed by atoms with Crippen molar-refractivity contribution in [1.82, 2.24) is 19.5 Å². The number of aliphatic hydroxyl groups is 2. The van der Waals surface area contributed by atoms with Crippen molar-refractivity contribution in [3.8, 4) is 0 Å². The summed E-state index contributed by atoms with van der Waals surface area (Å²) in [4.78, 5) is 35.8. The van der Waals surface area contributed by atoms with Crippen LogP contribution in [-0.2, 0) is 11.2 Å². The number of alkyl halides is 2. The van der Waals surface area contributed by atoms with Crippen molar-refractivity contribution in [2.24, 2.45) is 0 Å². The highest BCUT2D eigenvalue weighted by Crippen LogP contribution is 2.41. The number of aromatic nitrogens is 4. The van der Waals surface area contributed by atoms with Crippen LogP contribution in [0.2, 0.25) is 0 Å². The van der Waals surface area contributed by atoms with Gasteiger partial charge < -0.3 is 14.9 Å². The van der Waals surface area contributed by atoms with Crippen LogP contribution >= 0.6 is 0 Å². The number of Topliss-reactive ketones (excluding diaryl/α,β-unsaturated/α-hetero) is 1. The van der Waals surface area contributed by atoms with E-state index in [1.165, 1.54) is 18.3 Å². The van der Waals surface area contributed by atoms with Crippen LogP contribution in [0.5, 0.6) is 0 Å². The molecular formula is C16H16F2N4O5. The predicted molar refractivity (Wildman–Crippen MR) is 85.3 cm³/mol. The lowest BCUT2D eigenvalue weighted by Gasteiger charge is -2.21. The maximum absolute atomic E-state index is 14.1. The van der Waals surface area contributed by atoms with Gasteiger partial charge in [0.15, 0.2) is 11.9 Å². The van der Waals surface area contributed by atoms with Gasteiger partial charge in [0.2, 0.25) is 6.23 Å². The van der Waals surface area contributed by atoms with Crippen LogP contribution in [0.25, 0.3) is 0 Å². The lowest BCUT2D eigenvalue weighted by molar-refractivity contribution is -0.141. The normalized spacial score (nSPS) is 24.1. The Hall–Kier alpha value is -2.63. The monoisotopic (exact) mass is 382 g/mol. The molecule has 0 spiro atoms. The standard InChI is InChI=1S/C16H16F2N4O5/c1-8-19-4-2-10(20-8)11(24)6-9-3-5-22(15(26)21-9)14-16(17,18)13(25)12(7-23)27-14/h2-5,12-14,23,25H,6-7H2,1H3/t12-,13-,14-/m1/s1. The Morgan fingerprint density at radius 1 is 1.37 bits per heavy atom. The van der Waals surface area contributed by atoms with Gasteiger partial charge >= 0.3 is 11.6 Å². The van der Waals surface area contributed by atoms with Crippen LogP contribution in [0.4, 0.5) is 8.78 Å². The summed E-state index contributed by atoms with van der Waals surface area (Å²) in [7, 11) is 0. The minimum absolute atomic E-state index is 0.0677. The molecule has 2 aromatic heterocycles. The van der Waals surface area contributed by atoms with Gasteiger partial charge in [0, 0.05) is 12.4 Å². The number of carbonyl (C=O) groups is 1. The van der Waals surface area contributed by atoms with E-state index >= 15 is 0 Å². The first kappa shape index (κ1) is 19.1. The Kier molecular flexibility index (Phi) is 5.09. The zero-order valence-corrected chi connectivity index (χ0v) is 14.1. The molecule has 144 valence electrons. The Bertz CT molecular complexity index is 920. The summed E-state index contributed by atoms with van der Waals surface area (Å²) >= 11 is 0. The smallest absolute Gasteiger partial charge is 0.350 e. The van der Waals surface area contributed by atoms with Crippen molar-refractivity contribution in [2.45, 2.75) is 37.7 Å². The molecule has 1 aliphatic heterocycles. The largest absolute Gasteiger partial charge is 0.394 e. The number of halogens is 2. The van der Waals surface area contributed by atoms with E-state index in [9.17, 15) is 23.5 Å². The molecule has 27 heavy (non-hydrogen) atoms. The van der Waals surface area contributed by atoms with Crippen molar-refractivity contribution >= 4 is 5.78 Å². The quantitative estimate of drug-likeness (QED) is 0.672. The Balaban J connectivity index is 1.82. The molecule has 9 nitrogen and oxygen atoms in total. The molecule has 1 aliphatic rings. The molecule has 1 fully saturated rings. The number of ether oxygens (including phenoxy) is 1. The highest BCUT2D eigenvalue weighted by molar-refractivity contribution is 5.95. The molecule has 0 aliphatic carbocycles. The summed E-state index contributed by atoms with van der Waals surface area (Å²) in [6.45, 7) is 0.784. The summed E-state index contributed by atoms with van der Waals surface area (Å²) in [6.07, 6.45) is -3.73. The fourth-order valence-electron chi connectivity index (χ4n) is 2.71. The minimum Gasteiger partial charge on any atom is -0.394 e. The first-order valence-electron chi connectivity index (χ1n) is 7.97. The molecule has 2 aromatic rings. The number of aliphatic hydroxyl groups excluding tert-OH is 2. The van der Waals surface area contributed by atoms with E-state index in [2.05, 4.69) is 15.0 Å². The van der Waals surface area contributed by atoms with Crippen molar-refractivity contribution in [2.75, 3.05) is 6.61 Å². The van der Waals surface area contributed by atoms with Crippen LogP contribution in [-0.4, -0.2) is 60.3 Å². The number of hydrogen-bond acceptors (Lipinski definition) is 8. The van der Waals surface area contributed by atoms with Crippen LogP contribution in [0.3, 0.4) is 0 Å². The maximum atomic E-state index is 14.1. The van der Waals surface area contributed by atoms with Gasteiger partial charge in [-0.1, -0.05) is 0 Å². The molecular weight excluding hydrogens is 366 g/mol. The van der Waals surface area contributed by atoms with E-state index in [4.69, 9.17) is 9.84 Å². The van der Waals surface area contributed by atoms with Crippen molar-refractivity contribution in [3.63, 3.8) is 0 Å². The zero-order chi connectivity index (χ0) is 19.8. The maximum Gasteiger partial charge on any atom is 0.350 e. The van der Waals surface area contributed by atoms with Crippen molar-refractivity contribution < 1.29 is 28.5 Å². The molecule has 0 radical (unpaired) electrons. The molecule has 0 unspecified atom stereocenters. The van der Waals surface area contributed by atoms with Crippen LogP contribution < -0.4 is 5.69 Å². The number of hydrogen-bond donors (Lipinski definition) is 2. The highest BCUT2D eigenvalue weighted by Gasteiger charge is 2.59. The molecule has 3 atom stereocenters. The highest BCUT2D eigenvalue weighted by atomic mass is 19.3. The van der Waals surface area contributed by atoms with Crippen molar-refractivity contribution in [1.29, 1.82) is 0 Å². The van der Waals surface area contributed by atoms with Gasteiger partial charge in [-0.2, -0.15) is 13.8 Å². The first-order chi connectivity index (χ1) is 12.7. The van der Waals surface area contributed by atoms with Gasteiger partial charge in [-0.25, -0.2) is 14.8 Å². The summed E-state index contributed by atoms with van der Waals surface area (Å²) in [5.74, 6) is -3.81. The zero-order valence-electron chi connectivity index (χ0n) is 14.1. The number of ketones is 1. The van der Waals surface area contributed by atoms with Gasteiger partial charge in [-0.05, 0) is 19.1 Å². The van der Waals surface area contributed by atoms with E-state index in [0.29, 0.717) is 10.4 Å². The second-order valence-corrected chi connectivity index (χ2v) is 6.03. The molecule has 3 rings (SSSR count). The average Bonchev–Trinajstić information content (AvgIpc) is 2.85. The summed E-state index contributed by atoms with van der Waals surface area (Å²) < 4.78 is 33.7. The fraction of sp³-hybridized carbons (Fsp3) is 0.438. The first-order valence-corrected chi connectivity index (χ1v) is 7.97. The summed E-state index contributed by atoms with van der Waals surface area (Å²) in [5, 5.41) is 18.5. The number of rotatable bonds is 5. The molecule has 1 saturated heterocycles. The minimum atomic E-state index is -3.80. The molecule has 2 N–H and O–H groups in total. The fourth-order valence-corrected chi connectivity index (χ4v) is 2.71. The predicted octanol–water partition coefficient (Wildman–Crippen LogP) is -0.347. The molecule has 0 aromatic carbocycles. The van der Waals surface area contributed by atoms with Gasteiger partial charge in [0.25, 0.3) is 0 Å². The van der Waals surface area contributed by atoms with Gasteiger partial charge in [-0.15, -0.1) is 0 Å². The second kappa shape index (κ2) is 7.18. The summed E-state index contributed by atoms with van der Waals surface area (Å²) in [5.41, 5.74) is -0.860. The van der Waals surface area contributed by atoms with Crippen molar-refractivity contribution in [3.05, 3.63) is 52.2 Å². The van der Waals surface area contributed by atoms with E-state index < -0.39 is 42.4 Å². The Morgan fingerprint density at radius 3 is 2.70 bits per heavy atom. The molecule has 0 bridgehead atoms. The Labute approximate surface area is 151 Å².